The van der Waals surface area contributed by atoms with E-state index < -0.39 is 17.8 Å². The molecule has 1 N–H and O–H groups in total. The van der Waals surface area contributed by atoms with Gasteiger partial charge in [0.05, 0.1) is 5.69 Å². The number of nitrogens with zero attached hydrogens (tertiary/aromatic N) is 3. The SMILES string of the molecule is Cc1cc(/C=C2\C(=O)NC(=O)N(c3ccc(C45CC6CC(CC(C6)C4)C5)cc3)C2=O)c(C)n1-c1ccc(N(C)C)cc1. The summed E-state index contributed by atoms with van der Waals surface area (Å²) in [5, 5.41) is 2.39. The molecule has 4 aliphatic carbocycles. The number of nitrogens with one attached hydrogen (secondary N) is 1. The fourth-order valence-electron chi connectivity index (χ4n) is 8.71. The van der Waals surface area contributed by atoms with Crippen LogP contribution in [0.25, 0.3) is 11.8 Å². The lowest BCUT2D eigenvalue weighted by atomic mass is 9.48. The summed E-state index contributed by atoms with van der Waals surface area (Å²) >= 11 is 0. The van der Waals surface area contributed by atoms with E-state index in [-0.39, 0.29) is 11.0 Å². The highest BCUT2D eigenvalue weighted by molar-refractivity contribution is 6.39. The molecule has 7 nitrogen and oxygen atoms in total. The first-order chi connectivity index (χ1) is 20.1. The molecule has 4 saturated carbocycles. The van der Waals surface area contributed by atoms with Crippen LogP contribution >= 0.6 is 0 Å². The third kappa shape index (κ3) is 4.29. The van der Waals surface area contributed by atoms with E-state index >= 15 is 0 Å². The van der Waals surface area contributed by atoms with Crippen molar-refractivity contribution in [3.8, 4) is 5.69 Å². The molecule has 1 aromatic heterocycles. The average Bonchev–Trinajstić information content (AvgIpc) is 3.22. The molecule has 0 radical (unpaired) electrons. The van der Waals surface area contributed by atoms with E-state index in [1.807, 2.05) is 51.0 Å². The Morgan fingerprint density at radius 1 is 0.833 bits per heavy atom. The van der Waals surface area contributed by atoms with Crippen LogP contribution in [0.3, 0.4) is 0 Å². The van der Waals surface area contributed by atoms with Gasteiger partial charge in [0.1, 0.15) is 5.57 Å². The maximum Gasteiger partial charge on any atom is 0.335 e. The van der Waals surface area contributed by atoms with Gasteiger partial charge in [-0.3, -0.25) is 14.9 Å². The van der Waals surface area contributed by atoms with Crippen molar-refractivity contribution in [2.45, 2.75) is 57.8 Å². The number of aryl methyl sites for hydroxylation is 1. The summed E-state index contributed by atoms with van der Waals surface area (Å²) in [5.41, 5.74) is 6.73. The van der Waals surface area contributed by atoms with Crippen LogP contribution in [-0.2, 0) is 15.0 Å². The van der Waals surface area contributed by atoms with Crippen molar-refractivity contribution < 1.29 is 14.4 Å². The number of imide groups is 2. The highest BCUT2D eigenvalue weighted by Crippen LogP contribution is 2.60. The standard InChI is InChI=1S/C35H38N4O3/c1-21-13-26(22(2)38(21)29-11-9-28(10-12-29)37(3)4)17-31-32(40)36-34(42)39(33(31)41)30-7-5-27(6-8-30)35-18-23-14-24(19-35)16-25(15-23)20-35/h5-13,17,23-25H,14-16,18-20H2,1-4H3,(H,36,40,42)/b31-17+. The number of urea groups is 1. The monoisotopic (exact) mass is 562 g/mol. The fraction of sp³-hybridized carbons (Fsp3) is 0.400. The van der Waals surface area contributed by atoms with Crippen LogP contribution in [0.15, 0.2) is 60.2 Å². The fourth-order valence-corrected chi connectivity index (χ4v) is 8.71. The molecule has 42 heavy (non-hydrogen) atoms. The van der Waals surface area contributed by atoms with Crippen LogP contribution in [0.2, 0.25) is 0 Å². The van der Waals surface area contributed by atoms with Gasteiger partial charge in [0.15, 0.2) is 0 Å². The van der Waals surface area contributed by atoms with Crippen LogP contribution in [0, 0.1) is 31.6 Å². The number of barbiturate groups is 1. The molecule has 3 aromatic rings. The summed E-state index contributed by atoms with van der Waals surface area (Å²) in [6.45, 7) is 3.97. The maximum absolute atomic E-state index is 13.7. The minimum Gasteiger partial charge on any atom is -0.378 e. The summed E-state index contributed by atoms with van der Waals surface area (Å²) in [6.07, 6.45) is 9.51. The first-order valence-corrected chi connectivity index (χ1v) is 15.1. The molecule has 7 heteroatoms. The Kier molecular flexibility index (Phi) is 6.19. The topological polar surface area (TPSA) is 74.6 Å². The van der Waals surface area contributed by atoms with Gasteiger partial charge in [-0.25, -0.2) is 9.69 Å². The molecular formula is C35H38N4O3. The second kappa shape index (κ2) is 9.72. The molecule has 2 aromatic carbocycles. The van der Waals surface area contributed by atoms with Gasteiger partial charge in [-0.05, 0) is 135 Å². The molecule has 0 atom stereocenters. The number of anilines is 2. The van der Waals surface area contributed by atoms with E-state index in [2.05, 4.69) is 46.3 Å². The van der Waals surface area contributed by atoms with E-state index in [4.69, 9.17) is 0 Å². The van der Waals surface area contributed by atoms with Crippen molar-refractivity contribution >= 4 is 35.3 Å². The summed E-state index contributed by atoms with van der Waals surface area (Å²) in [7, 11) is 4.01. The van der Waals surface area contributed by atoms with Crippen molar-refractivity contribution in [3.05, 3.63) is 82.7 Å². The Hall–Kier alpha value is -4.13. The molecule has 5 fully saturated rings. The quantitative estimate of drug-likeness (QED) is 0.293. The van der Waals surface area contributed by atoms with E-state index in [1.165, 1.54) is 44.1 Å². The first-order valence-electron chi connectivity index (χ1n) is 15.1. The molecule has 1 saturated heterocycles. The molecule has 8 rings (SSSR count). The molecule has 0 spiro atoms. The van der Waals surface area contributed by atoms with Crippen LogP contribution in [0.1, 0.15) is 61.0 Å². The molecular weight excluding hydrogens is 524 g/mol. The van der Waals surface area contributed by atoms with E-state index in [1.54, 1.807) is 6.08 Å². The van der Waals surface area contributed by atoms with Gasteiger partial charge in [0.25, 0.3) is 11.8 Å². The number of aromatic nitrogens is 1. The maximum atomic E-state index is 13.7. The van der Waals surface area contributed by atoms with E-state index in [9.17, 15) is 14.4 Å². The van der Waals surface area contributed by atoms with Crippen LogP contribution < -0.4 is 15.1 Å². The lowest BCUT2D eigenvalue weighted by Gasteiger charge is -2.57. The molecule has 216 valence electrons. The van der Waals surface area contributed by atoms with Gasteiger partial charge in [-0.15, -0.1) is 0 Å². The first kappa shape index (κ1) is 26.7. The van der Waals surface area contributed by atoms with Gasteiger partial charge in [-0.2, -0.15) is 0 Å². The zero-order chi connectivity index (χ0) is 29.3. The molecule has 2 heterocycles. The molecule has 0 unspecified atom stereocenters. The number of rotatable bonds is 5. The van der Waals surface area contributed by atoms with E-state index in [0.717, 1.165) is 51.0 Å². The van der Waals surface area contributed by atoms with Crippen molar-refractivity contribution in [3.63, 3.8) is 0 Å². The van der Waals surface area contributed by atoms with Gasteiger partial charge in [0, 0.05) is 36.9 Å². The third-order valence-electron chi connectivity index (χ3n) is 10.3. The Bertz CT molecular complexity index is 1590. The molecule has 5 aliphatic rings. The molecule has 4 bridgehead atoms. The van der Waals surface area contributed by atoms with Crippen molar-refractivity contribution in [1.82, 2.24) is 9.88 Å². The Balaban J connectivity index is 1.17. The Morgan fingerprint density at radius 3 is 1.98 bits per heavy atom. The smallest absolute Gasteiger partial charge is 0.335 e. The lowest BCUT2D eigenvalue weighted by Crippen LogP contribution is -2.54. The number of carbonyl (C=O) groups is 3. The predicted octanol–water partition coefficient (Wildman–Crippen LogP) is 6.29. The number of benzene rings is 2. The van der Waals surface area contributed by atoms with Crippen LogP contribution in [0.4, 0.5) is 16.2 Å². The summed E-state index contributed by atoms with van der Waals surface area (Å²) < 4.78 is 2.10. The van der Waals surface area contributed by atoms with Gasteiger partial charge < -0.3 is 9.47 Å². The van der Waals surface area contributed by atoms with Crippen molar-refractivity contribution in [2.75, 3.05) is 23.9 Å². The number of hydrogen-bond acceptors (Lipinski definition) is 4. The Morgan fingerprint density at radius 2 is 1.40 bits per heavy atom. The summed E-state index contributed by atoms with van der Waals surface area (Å²) in [5.74, 6) is 1.23. The van der Waals surface area contributed by atoms with Crippen LogP contribution in [0.5, 0.6) is 0 Å². The predicted molar refractivity (Wildman–Crippen MR) is 165 cm³/mol. The summed E-state index contributed by atoms with van der Waals surface area (Å²) in [4.78, 5) is 42.7. The van der Waals surface area contributed by atoms with Gasteiger partial charge in [0.2, 0.25) is 0 Å². The summed E-state index contributed by atoms with van der Waals surface area (Å²) in [6, 6.07) is 17.4. The number of carbonyl (C=O) groups excluding carboxylic acids is 3. The second-order valence-electron chi connectivity index (χ2n) is 13.3. The van der Waals surface area contributed by atoms with E-state index in [0.29, 0.717) is 5.69 Å². The zero-order valence-electron chi connectivity index (χ0n) is 24.8. The van der Waals surface area contributed by atoms with Crippen LogP contribution in [-0.4, -0.2) is 36.5 Å². The Labute approximate surface area is 247 Å². The van der Waals surface area contributed by atoms with Gasteiger partial charge >= 0.3 is 6.03 Å². The molecule has 4 amide bonds. The minimum absolute atomic E-state index is 0.0528. The van der Waals surface area contributed by atoms with Crippen molar-refractivity contribution in [1.29, 1.82) is 0 Å². The average molecular weight is 563 g/mol. The molecule has 1 aliphatic heterocycles. The largest absolute Gasteiger partial charge is 0.378 e. The van der Waals surface area contributed by atoms with Crippen molar-refractivity contribution in [2.24, 2.45) is 17.8 Å². The zero-order valence-corrected chi connectivity index (χ0v) is 24.8. The normalized spacial score (nSPS) is 27.6. The number of amides is 4. The third-order valence-corrected chi connectivity index (χ3v) is 10.3. The minimum atomic E-state index is -0.712. The lowest BCUT2D eigenvalue weighted by molar-refractivity contribution is -0.122. The number of hydrogen-bond donors (Lipinski definition) is 1. The van der Waals surface area contributed by atoms with Gasteiger partial charge in [-0.1, -0.05) is 12.1 Å². The highest BCUT2D eigenvalue weighted by atomic mass is 16.2. The highest BCUT2D eigenvalue weighted by Gasteiger charge is 2.51. The second-order valence-corrected chi connectivity index (χ2v) is 13.3.